The van der Waals surface area contributed by atoms with Gasteiger partial charge in [0.2, 0.25) is 5.91 Å². The van der Waals surface area contributed by atoms with Crippen LogP contribution >= 0.6 is 0 Å². The number of nitrogens with zero attached hydrogens (tertiary/aromatic N) is 4. The molecule has 1 atom stereocenters. The summed E-state index contributed by atoms with van der Waals surface area (Å²) >= 11 is 0. The minimum absolute atomic E-state index is 0.146. The molecule has 2 amide bonds. The van der Waals surface area contributed by atoms with Crippen LogP contribution in [-0.4, -0.2) is 71.7 Å². The number of para-hydroxylation sites is 1. The fraction of sp³-hybridized carbons (Fsp3) is 0.560. The average Bonchev–Trinajstić information content (AvgIpc) is 2.77. The highest BCUT2D eigenvalue weighted by molar-refractivity contribution is 5.92. The van der Waals surface area contributed by atoms with Gasteiger partial charge in [0.25, 0.3) is 0 Å². The summed E-state index contributed by atoms with van der Waals surface area (Å²) in [4.78, 5) is 36.4. The van der Waals surface area contributed by atoms with Crippen molar-refractivity contribution in [1.82, 2.24) is 14.8 Å². The molecule has 0 N–H and O–H groups in total. The Morgan fingerprint density at radius 2 is 1.75 bits per heavy atom. The summed E-state index contributed by atoms with van der Waals surface area (Å²) in [6.07, 6.45) is 1.34. The third-order valence-corrected chi connectivity index (χ3v) is 6.18. The summed E-state index contributed by atoms with van der Waals surface area (Å²) in [5.41, 5.74) is 2.67. The van der Waals surface area contributed by atoms with Crippen LogP contribution in [0.3, 0.4) is 0 Å². The van der Waals surface area contributed by atoms with E-state index >= 15 is 0 Å². The van der Waals surface area contributed by atoms with E-state index < -0.39 is 5.60 Å². The second kappa shape index (κ2) is 8.96. The van der Waals surface area contributed by atoms with Crippen molar-refractivity contribution in [1.29, 1.82) is 0 Å². The number of hydrogen-bond donors (Lipinski definition) is 0. The van der Waals surface area contributed by atoms with E-state index in [9.17, 15) is 9.59 Å². The molecular weight excluding hydrogens is 404 g/mol. The standard InChI is InChI=1S/C25H34N4O3/c1-18-16-22(20-9-5-6-10-21(20)26-18)27-12-14-28(15-13-27)23(30)19-8-7-11-29(17-19)24(31)32-25(2,3)4/h5-6,9-10,16,19H,7-8,11-15,17H2,1-4H3/t19-/m0/s1. The lowest BCUT2D eigenvalue weighted by Gasteiger charge is -2.40. The number of fused-ring (bicyclic) bond motifs is 1. The largest absolute Gasteiger partial charge is 0.444 e. The lowest BCUT2D eigenvalue weighted by atomic mass is 9.96. The number of pyridine rings is 1. The Morgan fingerprint density at radius 3 is 2.47 bits per heavy atom. The molecule has 3 heterocycles. The number of rotatable bonds is 2. The summed E-state index contributed by atoms with van der Waals surface area (Å²) < 4.78 is 5.51. The zero-order valence-electron chi connectivity index (χ0n) is 19.6. The number of ether oxygens (including phenoxy) is 1. The molecule has 7 heteroatoms. The van der Waals surface area contributed by atoms with Gasteiger partial charge < -0.3 is 19.4 Å². The molecule has 0 aliphatic carbocycles. The van der Waals surface area contributed by atoms with Crippen LogP contribution in [0.15, 0.2) is 30.3 Å². The Hall–Kier alpha value is -2.83. The molecular formula is C25H34N4O3. The van der Waals surface area contributed by atoms with E-state index in [1.807, 2.05) is 50.8 Å². The van der Waals surface area contributed by atoms with Crippen LogP contribution in [-0.2, 0) is 9.53 Å². The molecule has 2 aliphatic heterocycles. The Balaban J connectivity index is 1.38. The number of piperazine rings is 1. The Labute approximate surface area is 190 Å². The molecule has 7 nitrogen and oxygen atoms in total. The lowest BCUT2D eigenvalue weighted by Crippen LogP contribution is -2.53. The van der Waals surface area contributed by atoms with Crippen molar-refractivity contribution in [3.05, 3.63) is 36.0 Å². The normalized spacial score (nSPS) is 19.9. The zero-order chi connectivity index (χ0) is 22.9. The van der Waals surface area contributed by atoms with Gasteiger partial charge in [0.05, 0.1) is 11.4 Å². The van der Waals surface area contributed by atoms with Crippen molar-refractivity contribution in [2.45, 2.75) is 46.1 Å². The number of hydrogen-bond acceptors (Lipinski definition) is 5. The molecule has 0 unspecified atom stereocenters. The maximum Gasteiger partial charge on any atom is 0.410 e. The van der Waals surface area contributed by atoms with Gasteiger partial charge in [-0.05, 0) is 52.7 Å². The third-order valence-electron chi connectivity index (χ3n) is 6.18. The predicted molar refractivity (Wildman–Crippen MR) is 126 cm³/mol. The highest BCUT2D eigenvalue weighted by Gasteiger charge is 2.34. The molecule has 2 aromatic rings. The Kier molecular flexibility index (Phi) is 6.26. The lowest BCUT2D eigenvalue weighted by molar-refractivity contribution is -0.137. The number of aromatic nitrogens is 1. The number of amides is 2. The summed E-state index contributed by atoms with van der Waals surface area (Å²) in [6.45, 7) is 11.7. The highest BCUT2D eigenvalue weighted by atomic mass is 16.6. The first kappa shape index (κ1) is 22.4. The third kappa shape index (κ3) is 4.97. The van der Waals surface area contributed by atoms with Crippen molar-refractivity contribution >= 4 is 28.6 Å². The predicted octanol–water partition coefficient (Wildman–Crippen LogP) is 3.84. The van der Waals surface area contributed by atoms with Gasteiger partial charge in [0.1, 0.15) is 5.60 Å². The number of piperidine rings is 1. The van der Waals surface area contributed by atoms with Gasteiger partial charge in [0, 0.05) is 56.0 Å². The maximum atomic E-state index is 13.2. The van der Waals surface area contributed by atoms with E-state index in [-0.39, 0.29) is 17.9 Å². The first-order valence-electron chi connectivity index (χ1n) is 11.6. The second-order valence-electron chi connectivity index (χ2n) is 9.88. The minimum atomic E-state index is -0.528. The van der Waals surface area contributed by atoms with E-state index in [0.717, 1.165) is 42.5 Å². The van der Waals surface area contributed by atoms with Crippen LogP contribution < -0.4 is 4.90 Å². The summed E-state index contributed by atoms with van der Waals surface area (Å²) in [7, 11) is 0. The number of carbonyl (C=O) groups excluding carboxylic acids is 2. The van der Waals surface area contributed by atoms with Crippen molar-refractivity contribution in [2.75, 3.05) is 44.2 Å². The Bertz CT molecular complexity index is 992. The van der Waals surface area contributed by atoms with Crippen LogP contribution in [0.4, 0.5) is 10.5 Å². The van der Waals surface area contributed by atoms with Crippen LogP contribution in [0, 0.1) is 12.8 Å². The topological polar surface area (TPSA) is 66.0 Å². The zero-order valence-corrected chi connectivity index (χ0v) is 19.6. The SMILES string of the molecule is Cc1cc(N2CCN(C(=O)[C@H]3CCCN(C(=O)OC(C)(C)C)C3)CC2)c2ccccc2n1. The van der Waals surface area contributed by atoms with Crippen molar-refractivity contribution in [3.8, 4) is 0 Å². The quantitative estimate of drug-likeness (QED) is 0.713. The molecule has 0 spiro atoms. The van der Waals surface area contributed by atoms with E-state index in [1.54, 1.807) is 4.90 Å². The molecule has 0 saturated carbocycles. The van der Waals surface area contributed by atoms with Crippen LogP contribution in [0.25, 0.3) is 10.9 Å². The number of aryl methyl sites for hydroxylation is 1. The fourth-order valence-electron chi connectivity index (χ4n) is 4.64. The van der Waals surface area contributed by atoms with E-state index in [0.29, 0.717) is 26.2 Å². The monoisotopic (exact) mass is 438 g/mol. The maximum absolute atomic E-state index is 13.2. The molecule has 0 bridgehead atoms. The number of benzene rings is 1. The molecule has 1 aromatic heterocycles. The van der Waals surface area contributed by atoms with Crippen molar-refractivity contribution in [3.63, 3.8) is 0 Å². The number of carbonyl (C=O) groups is 2. The Morgan fingerprint density at radius 1 is 1.03 bits per heavy atom. The van der Waals surface area contributed by atoms with Gasteiger partial charge in [0.15, 0.2) is 0 Å². The smallest absolute Gasteiger partial charge is 0.410 e. The van der Waals surface area contributed by atoms with Crippen LogP contribution in [0.1, 0.15) is 39.3 Å². The van der Waals surface area contributed by atoms with Crippen LogP contribution in [0.5, 0.6) is 0 Å². The van der Waals surface area contributed by atoms with Gasteiger partial charge in [-0.1, -0.05) is 18.2 Å². The molecule has 2 aliphatic rings. The van der Waals surface area contributed by atoms with E-state index in [4.69, 9.17) is 4.74 Å². The molecule has 0 radical (unpaired) electrons. The molecule has 2 fully saturated rings. The average molecular weight is 439 g/mol. The summed E-state index contributed by atoms with van der Waals surface area (Å²) in [5.74, 6) is 0.0143. The van der Waals surface area contributed by atoms with Crippen molar-refractivity contribution < 1.29 is 14.3 Å². The summed E-state index contributed by atoms with van der Waals surface area (Å²) in [5, 5.41) is 1.15. The number of likely N-dealkylation sites (tertiary alicyclic amines) is 1. The number of anilines is 1. The fourth-order valence-corrected chi connectivity index (χ4v) is 4.64. The molecule has 32 heavy (non-hydrogen) atoms. The molecule has 2 saturated heterocycles. The van der Waals surface area contributed by atoms with Crippen LogP contribution in [0.2, 0.25) is 0 Å². The van der Waals surface area contributed by atoms with E-state index in [2.05, 4.69) is 22.0 Å². The molecule has 172 valence electrons. The molecule has 1 aromatic carbocycles. The van der Waals surface area contributed by atoms with Gasteiger partial charge in [-0.3, -0.25) is 9.78 Å². The van der Waals surface area contributed by atoms with E-state index in [1.165, 1.54) is 5.69 Å². The van der Waals surface area contributed by atoms with Gasteiger partial charge in [-0.15, -0.1) is 0 Å². The second-order valence-corrected chi connectivity index (χ2v) is 9.88. The van der Waals surface area contributed by atoms with Gasteiger partial charge >= 0.3 is 6.09 Å². The highest BCUT2D eigenvalue weighted by Crippen LogP contribution is 2.28. The molecule has 4 rings (SSSR count). The van der Waals surface area contributed by atoms with Gasteiger partial charge in [-0.2, -0.15) is 0 Å². The van der Waals surface area contributed by atoms with Crippen molar-refractivity contribution in [2.24, 2.45) is 5.92 Å². The first-order valence-corrected chi connectivity index (χ1v) is 11.6. The van der Waals surface area contributed by atoms with Gasteiger partial charge in [-0.25, -0.2) is 4.79 Å². The summed E-state index contributed by atoms with van der Waals surface area (Å²) in [6, 6.07) is 10.4. The minimum Gasteiger partial charge on any atom is -0.444 e. The first-order chi connectivity index (χ1) is 15.2.